The van der Waals surface area contributed by atoms with Crippen LogP contribution in [0.1, 0.15) is 13.3 Å². The van der Waals surface area contributed by atoms with Crippen molar-refractivity contribution in [2.24, 2.45) is 5.92 Å². The average molecular weight is 198 g/mol. The van der Waals surface area contributed by atoms with Crippen LogP contribution in [0.2, 0.25) is 0 Å². The van der Waals surface area contributed by atoms with Crippen LogP contribution in [0.3, 0.4) is 0 Å². The van der Waals surface area contributed by atoms with E-state index < -0.39 is 0 Å². The Labute approximate surface area is 84.6 Å². The summed E-state index contributed by atoms with van der Waals surface area (Å²) in [6, 6.07) is 0. The summed E-state index contributed by atoms with van der Waals surface area (Å²) < 4.78 is 5.40. The third-order valence-corrected chi connectivity index (χ3v) is 2.92. The average Bonchev–Trinajstić information content (AvgIpc) is 2.11. The number of nitrogens with one attached hydrogen (secondary N) is 1. The molecule has 0 aromatic heterocycles. The predicted molar refractivity (Wildman–Crippen MR) is 53.0 cm³/mol. The lowest BCUT2D eigenvalue weighted by Crippen LogP contribution is -2.48. The highest BCUT2D eigenvalue weighted by molar-refractivity contribution is 5.76. The first-order valence-electron chi connectivity index (χ1n) is 5.36. The first kappa shape index (κ1) is 9.93. The van der Waals surface area contributed by atoms with Gasteiger partial charge in [0, 0.05) is 19.5 Å². The summed E-state index contributed by atoms with van der Waals surface area (Å²) in [4.78, 5) is 13.7. The molecule has 4 nitrogen and oxygen atoms in total. The minimum absolute atomic E-state index is 0.201. The number of carbonyl (C=O) groups is 1. The van der Waals surface area contributed by atoms with Gasteiger partial charge in [-0.2, -0.15) is 0 Å². The van der Waals surface area contributed by atoms with Crippen LogP contribution in [-0.4, -0.2) is 49.7 Å². The van der Waals surface area contributed by atoms with Crippen molar-refractivity contribution in [3.05, 3.63) is 0 Å². The third-order valence-electron chi connectivity index (χ3n) is 2.92. The summed E-state index contributed by atoms with van der Waals surface area (Å²) in [5.74, 6) is 0.868. The topological polar surface area (TPSA) is 41.6 Å². The lowest BCUT2D eigenvalue weighted by Gasteiger charge is -2.34. The lowest BCUT2D eigenvalue weighted by atomic mass is 9.98. The zero-order valence-corrected chi connectivity index (χ0v) is 8.66. The molecule has 0 aromatic rings. The molecule has 0 saturated carbocycles. The first-order chi connectivity index (χ1) is 6.75. The highest BCUT2D eigenvalue weighted by Gasteiger charge is 2.26. The Morgan fingerprint density at radius 3 is 2.93 bits per heavy atom. The molecule has 2 rings (SSSR count). The predicted octanol–water partition coefficient (Wildman–Crippen LogP) is -0.157. The summed E-state index contributed by atoms with van der Waals surface area (Å²) in [7, 11) is 0. The molecule has 2 fully saturated rings. The van der Waals surface area contributed by atoms with Gasteiger partial charge in [0.25, 0.3) is 0 Å². The number of amides is 1. The monoisotopic (exact) mass is 198 g/mol. The second-order valence-corrected chi connectivity index (χ2v) is 4.25. The molecule has 1 unspecified atom stereocenters. The van der Waals surface area contributed by atoms with Crippen molar-refractivity contribution in [3.8, 4) is 0 Å². The normalized spacial score (nSPS) is 28.6. The van der Waals surface area contributed by atoms with Crippen molar-refractivity contribution in [1.29, 1.82) is 0 Å². The molecule has 0 aromatic carbocycles. The van der Waals surface area contributed by atoms with E-state index in [1.807, 2.05) is 11.8 Å². The van der Waals surface area contributed by atoms with Crippen LogP contribution in [-0.2, 0) is 9.53 Å². The van der Waals surface area contributed by atoms with Gasteiger partial charge in [0.15, 0.2) is 0 Å². The Hall–Kier alpha value is -0.610. The standard InChI is InChI=1S/C10H18N2O2/c1-8-7-12(2-3-14-8)10(13)4-9-5-11-6-9/h8-9,11H,2-7H2,1H3. The Bertz CT molecular complexity index is 216. The molecule has 0 bridgehead atoms. The highest BCUT2D eigenvalue weighted by Crippen LogP contribution is 2.13. The van der Waals surface area contributed by atoms with E-state index in [0.717, 1.165) is 26.2 Å². The first-order valence-corrected chi connectivity index (χ1v) is 5.36. The minimum atomic E-state index is 0.201. The second-order valence-electron chi connectivity index (χ2n) is 4.25. The lowest BCUT2D eigenvalue weighted by molar-refractivity contribution is -0.139. The maximum absolute atomic E-state index is 11.8. The van der Waals surface area contributed by atoms with Gasteiger partial charge in [-0.15, -0.1) is 0 Å². The Kier molecular flexibility index (Phi) is 3.03. The van der Waals surface area contributed by atoms with Crippen molar-refractivity contribution < 1.29 is 9.53 Å². The number of morpholine rings is 1. The zero-order valence-electron chi connectivity index (χ0n) is 8.66. The molecule has 14 heavy (non-hydrogen) atoms. The molecule has 80 valence electrons. The third kappa shape index (κ3) is 2.25. The van der Waals surface area contributed by atoms with Gasteiger partial charge in [-0.1, -0.05) is 0 Å². The fourth-order valence-corrected chi connectivity index (χ4v) is 1.91. The molecular formula is C10H18N2O2. The molecule has 1 N–H and O–H groups in total. The smallest absolute Gasteiger partial charge is 0.223 e. The molecule has 0 radical (unpaired) electrons. The van der Waals surface area contributed by atoms with Crippen molar-refractivity contribution >= 4 is 5.91 Å². The van der Waals surface area contributed by atoms with Crippen molar-refractivity contribution in [3.63, 3.8) is 0 Å². The Balaban J connectivity index is 1.77. The molecular weight excluding hydrogens is 180 g/mol. The largest absolute Gasteiger partial charge is 0.375 e. The van der Waals surface area contributed by atoms with Gasteiger partial charge in [-0.25, -0.2) is 0 Å². The molecule has 2 aliphatic rings. The molecule has 1 atom stereocenters. The molecule has 2 saturated heterocycles. The molecule has 2 heterocycles. The molecule has 4 heteroatoms. The fourth-order valence-electron chi connectivity index (χ4n) is 1.91. The van der Waals surface area contributed by atoms with E-state index in [0.29, 0.717) is 24.9 Å². The molecule has 0 aliphatic carbocycles. The van der Waals surface area contributed by atoms with E-state index in [-0.39, 0.29) is 6.10 Å². The minimum Gasteiger partial charge on any atom is -0.375 e. The SMILES string of the molecule is CC1CN(C(=O)CC2CNC2)CCO1. The van der Waals surface area contributed by atoms with E-state index >= 15 is 0 Å². The van der Waals surface area contributed by atoms with E-state index in [4.69, 9.17) is 4.74 Å². The summed E-state index contributed by atoms with van der Waals surface area (Å²) in [6.45, 7) is 6.25. The summed E-state index contributed by atoms with van der Waals surface area (Å²) >= 11 is 0. The summed E-state index contributed by atoms with van der Waals surface area (Å²) in [6.07, 6.45) is 0.909. The second kappa shape index (κ2) is 4.28. The number of nitrogens with zero attached hydrogens (tertiary/aromatic N) is 1. The van der Waals surface area contributed by atoms with Gasteiger partial charge >= 0.3 is 0 Å². The van der Waals surface area contributed by atoms with Gasteiger partial charge in [0.05, 0.1) is 12.7 Å². The fraction of sp³-hybridized carbons (Fsp3) is 0.900. The summed E-state index contributed by atoms with van der Waals surface area (Å²) in [5, 5.41) is 3.18. The van der Waals surface area contributed by atoms with Gasteiger partial charge in [-0.05, 0) is 25.9 Å². The van der Waals surface area contributed by atoms with Crippen molar-refractivity contribution in [2.45, 2.75) is 19.4 Å². The summed E-state index contributed by atoms with van der Waals surface area (Å²) in [5.41, 5.74) is 0. The molecule has 1 amide bonds. The van der Waals surface area contributed by atoms with Crippen LogP contribution in [0.5, 0.6) is 0 Å². The Morgan fingerprint density at radius 2 is 2.36 bits per heavy atom. The zero-order chi connectivity index (χ0) is 9.97. The molecule has 0 spiro atoms. The Morgan fingerprint density at radius 1 is 1.57 bits per heavy atom. The van der Waals surface area contributed by atoms with Gasteiger partial charge in [-0.3, -0.25) is 4.79 Å². The highest BCUT2D eigenvalue weighted by atomic mass is 16.5. The number of hydrogen-bond acceptors (Lipinski definition) is 3. The van der Waals surface area contributed by atoms with Crippen LogP contribution < -0.4 is 5.32 Å². The van der Waals surface area contributed by atoms with Crippen LogP contribution in [0.25, 0.3) is 0 Å². The van der Waals surface area contributed by atoms with Crippen LogP contribution in [0.15, 0.2) is 0 Å². The van der Waals surface area contributed by atoms with Gasteiger partial charge in [0.2, 0.25) is 5.91 Å². The number of rotatable bonds is 2. The van der Waals surface area contributed by atoms with E-state index in [2.05, 4.69) is 5.32 Å². The van der Waals surface area contributed by atoms with Crippen molar-refractivity contribution in [1.82, 2.24) is 10.2 Å². The number of carbonyl (C=O) groups excluding carboxylic acids is 1. The van der Waals surface area contributed by atoms with Crippen molar-refractivity contribution in [2.75, 3.05) is 32.8 Å². The molecule has 2 aliphatic heterocycles. The van der Waals surface area contributed by atoms with E-state index in [9.17, 15) is 4.79 Å². The quantitative estimate of drug-likeness (QED) is 0.670. The maximum Gasteiger partial charge on any atom is 0.223 e. The van der Waals surface area contributed by atoms with E-state index in [1.54, 1.807) is 0 Å². The van der Waals surface area contributed by atoms with Gasteiger partial charge in [0.1, 0.15) is 0 Å². The van der Waals surface area contributed by atoms with Crippen LogP contribution >= 0.6 is 0 Å². The number of ether oxygens (including phenoxy) is 1. The van der Waals surface area contributed by atoms with Crippen LogP contribution in [0.4, 0.5) is 0 Å². The van der Waals surface area contributed by atoms with E-state index in [1.165, 1.54) is 0 Å². The van der Waals surface area contributed by atoms with Crippen LogP contribution in [0, 0.1) is 5.92 Å². The maximum atomic E-state index is 11.8. The van der Waals surface area contributed by atoms with Gasteiger partial charge < -0.3 is 15.0 Å². The number of hydrogen-bond donors (Lipinski definition) is 1.